The number of allylic oxidation sites excluding steroid dienone is 15. The highest BCUT2D eigenvalue weighted by Gasteiger charge is 2.18. The van der Waals surface area contributed by atoms with Gasteiger partial charge in [-0.25, -0.2) is 0 Å². The van der Waals surface area contributed by atoms with Crippen LogP contribution in [-0.4, -0.2) is 0 Å². The van der Waals surface area contributed by atoms with Crippen LogP contribution in [0.4, 0.5) is 0 Å². The lowest BCUT2D eigenvalue weighted by atomic mass is 9.84. The first kappa shape index (κ1) is 26.5. The van der Waals surface area contributed by atoms with Crippen LogP contribution in [0.25, 0.3) is 38.3 Å². The van der Waals surface area contributed by atoms with E-state index in [2.05, 4.69) is 154 Å². The van der Waals surface area contributed by atoms with E-state index < -0.39 is 0 Å². The van der Waals surface area contributed by atoms with Crippen LogP contribution in [0.2, 0.25) is 0 Å². The summed E-state index contributed by atoms with van der Waals surface area (Å²) in [6.45, 7) is 9.06. The molecular formula is C41H36. The Bertz CT molecular complexity index is 1800. The molecule has 0 unspecified atom stereocenters. The van der Waals surface area contributed by atoms with E-state index in [0.717, 1.165) is 24.8 Å². The molecule has 0 nitrogen and oxygen atoms in total. The van der Waals surface area contributed by atoms with Gasteiger partial charge in [0.1, 0.15) is 0 Å². The van der Waals surface area contributed by atoms with Crippen molar-refractivity contribution in [1.29, 1.82) is 0 Å². The summed E-state index contributed by atoms with van der Waals surface area (Å²) in [5.74, 6) is 0. The van der Waals surface area contributed by atoms with Gasteiger partial charge in [-0.05, 0) is 92.3 Å². The van der Waals surface area contributed by atoms with Gasteiger partial charge in [0.25, 0.3) is 0 Å². The molecule has 6 rings (SSSR count). The average Bonchev–Trinajstić information content (AvgIpc) is 3.34. The van der Waals surface area contributed by atoms with Crippen LogP contribution in [0, 0.1) is 0 Å². The summed E-state index contributed by atoms with van der Waals surface area (Å²) in [4.78, 5) is 0. The van der Waals surface area contributed by atoms with Crippen LogP contribution in [-0.2, 0) is 0 Å². The molecule has 0 spiro atoms. The zero-order valence-electron chi connectivity index (χ0n) is 24.0. The van der Waals surface area contributed by atoms with E-state index in [1.165, 1.54) is 66.1 Å². The molecule has 0 aliphatic heterocycles. The van der Waals surface area contributed by atoms with Gasteiger partial charge in [-0.2, -0.15) is 0 Å². The Morgan fingerprint density at radius 3 is 2.02 bits per heavy atom. The van der Waals surface area contributed by atoms with Crippen LogP contribution in [0.5, 0.6) is 0 Å². The summed E-state index contributed by atoms with van der Waals surface area (Å²) in [5.41, 5.74) is 11.3. The number of rotatable bonds is 5. The number of benzene rings is 4. The number of hydrogen-bond acceptors (Lipinski definition) is 0. The van der Waals surface area contributed by atoms with Crippen LogP contribution in [0.3, 0.4) is 0 Å². The van der Waals surface area contributed by atoms with Crippen molar-refractivity contribution >= 4 is 38.3 Å². The van der Waals surface area contributed by atoms with Gasteiger partial charge in [-0.1, -0.05) is 153 Å². The van der Waals surface area contributed by atoms with E-state index in [1.807, 2.05) is 0 Å². The lowest BCUT2D eigenvalue weighted by molar-refractivity contribution is 1.14. The second-order valence-corrected chi connectivity index (χ2v) is 11.0. The molecule has 2 aliphatic rings. The first-order valence-corrected chi connectivity index (χ1v) is 14.6. The van der Waals surface area contributed by atoms with Gasteiger partial charge in [0, 0.05) is 0 Å². The Morgan fingerprint density at radius 2 is 1.37 bits per heavy atom. The monoisotopic (exact) mass is 528 g/mol. The lowest BCUT2D eigenvalue weighted by Crippen LogP contribution is -1.95. The molecule has 0 fully saturated rings. The molecule has 41 heavy (non-hydrogen) atoms. The molecule has 0 saturated heterocycles. The van der Waals surface area contributed by atoms with Crippen molar-refractivity contribution in [3.63, 3.8) is 0 Å². The fraction of sp³-hybridized carbons (Fsp3) is 0.122. The second kappa shape index (κ2) is 11.8. The van der Waals surface area contributed by atoms with Gasteiger partial charge in [0.15, 0.2) is 0 Å². The maximum Gasteiger partial charge on any atom is -0.00262 e. The highest BCUT2D eigenvalue weighted by atomic mass is 14.2. The first-order chi connectivity index (χ1) is 20.1. The molecule has 0 heterocycles. The molecular weight excluding hydrogens is 492 g/mol. The van der Waals surface area contributed by atoms with Gasteiger partial charge in [0.2, 0.25) is 0 Å². The zero-order valence-corrected chi connectivity index (χ0v) is 24.0. The molecule has 200 valence electrons. The summed E-state index contributed by atoms with van der Waals surface area (Å²) in [6, 6.07) is 28.5. The summed E-state index contributed by atoms with van der Waals surface area (Å²) in [6.07, 6.45) is 23.3. The topological polar surface area (TPSA) is 0 Å². The maximum atomic E-state index is 4.66. The van der Waals surface area contributed by atoms with Gasteiger partial charge in [-0.3, -0.25) is 0 Å². The van der Waals surface area contributed by atoms with Crippen molar-refractivity contribution in [3.05, 3.63) is 174 Å². The maximum absolute atomic E-state index is 4.66. The van der Waals surface area contributed by atoms with E-state index in [0.29, 0.717) is 0 Å². The Labute approximate surface area is 244 Å². The molecule has 0 atom stereocenters. The van der Waals surface area contributed by atoms with Gasteiger partial charge >= 0.3 is 0 Å². The Balaban J connectivity index is 1.57. The molecule has 0 heteroatoms. The number of fused-ring (bicyclic) bond motifs is 2. The van der Waals surface area contributed by atoms with Crippen LogP contribution < -0.4 is 0 Å². The Hall–Kier alpha value is -4.68. The van der Waals surface area contributed by atoms with Gasteiger partial charge < -0.3 is 0 Å². The van der Waals surface area contributed by atoms with Crippen LogP contribution in [0.1, 0.15) is 49.8 Å². The van der Waals surface area contributed by atoms with Gasteiger partial charge in [-0.15, -0.1) is 0 Å². The standard InChI is InChI=1S/C41H36/c1-4-14-31-15-8-9-16-32(27-31)26-30(3)40-36-19-10-12-21-38(36)41(39-22-13-11-20-37(39)40)35-25-29(2)23-24-34(28-35)33-17-6-5-7-18-33/h5-23,25-26,28H,3-4,24,27H2,1-2H3/b31-14-,32-26-. The van der Waals surface area contributed by atoms with Gasteiger partial charge in [0.05, 0.1) is 0 Å². The minimum absolute atomic E-state index is 0.916. The highest BCUT2D eigenvalue weighted by Crippen LogP contribution is 2.42. The van der Waals surface area contributed by atoms with E-state index >= 15 is 0 Å². The molecule has 4 aromatic carbocycles. The van der Waals surface area contributed by atoms with Crippen molar-refractivity contribution in [2.75, 3.05) is 0 Å². The van der Waals surface area contributed by atoms with Crippen molar-refractivity contribution in [3.8, 4) is 0 Å². The number of hydrogen-bond donors (Lipinski definition) is 0. The third-order valence-electron chi connectivity index (χ3n) is 8.01. The van der Waals surface area contributed by atoms with Crippen molar-refractivity contribution in [2.24, 2.45) is 0 Å². The average molecular weight is 529 g/mol. The molecule has 0 aromatic heterocycles. The second-order valence-electron chi connectivity index (χ2n) is 11.0. The summed E-state index contributed by atoms with van der Waals surface area (Å²) >= 11 is 0. The van der Waals surface area contributed by atoms with Crippen LogP contribution in [0.15, 0.2) is 157 Å². The van der Waals surface area contributed by atoms with E-state index in [9.17, 15) is 0 Å². The highest BCUT2D eigenvalue weighted by molar-refractivity contribution is 6.18. The quantitative estimate of drug-likeness (QED) is 0.226. The third kappa shape index (κ3) is 5.52. The van der Waals surface area contributed by atoms with Crippen LogP contribution >= 0.6 is 0 Å². The fourth-order valence-electron chi connectivity index (χ4n) is 6.16. The van der Waals surface area contributed by atoms with E-state index in [4.69, 9.17) is 0 Å². The molecule has 0 radical (unpaired) electrons. The Kier molecular flexibility index (Phi) is 7.65. The minimum Gasteiger partial charge on any atom is -0.0911 e. The SMILES string of the molecule is C=C(/C=C1/C=CC=C/C(=C/CC)C1)c1c2ccccc2c(C2=CC(C)=CCC(c3ccccc3)=C2)c2ccccc12. The predicted molar refractivity (Wildman–Crippen MR) is 181 cm³/mol. The van der Waals surface area contributed by atoms with Crippen molar-refractivity contribution in [1.82, 2.24) is 0 Å². The normalized spacial score (nSPS) is 17.4. The Morgan fingerprint density at radius 1 is 0.756 bits per heavy atom. The van der Waals surface area contributed by atoms with E-state index in [1.54, 1.807) is 0 Å². The minimum atomic E-state index is 0.916. The lowest BCUT2D eigenvalue weighted by Gasteiger charge is -2.19. The molecule has 0 amide bonds. The third-order valence-corrected chi connectivity index (χ3v) is 8.01. The summed E-state index contributed by atoms with van der Waals surface area (Å²) < 4.78 is 0. The molecule has 0 bridgehead atoms. The first-order valence-electron chi connectivity index (χ1n) is 14.6. The van der Waals surface area contributed by atoms with E-state index in [-0.39, 0.29) is 0 Å². The molecule has 2 aliphatic carbocycles. The van der Waals surface area contributed by atoms with Crippen molar-refractivity contribution < 1.29 is 0 Å². The molecule has 0 N–H and O–H groups in total. The largest absolute Gasteiger partial charge is 0.0911 e. The fourth-order valence-corrected chi connectivity index (χ4v) is 6.16. The predicted octanol–water partition coefficient (Wildman–Crippen LogP) is 11.6. The summed E-state index contributed by atoms with van der Waals surface area (Å²) in [7, 11) is 0. The molecule has 0 saturated carbocycles. The summed E-state index contributed by atoms with van der Waals surface area (Å²) in [5, 5.41) is 5.00. The van der Waals surface area contributed by atoms with Crippen molar-refractivity contribution in [2.45, 2.75) is 33.1 Å². The smallest absolute Gasteiger partial charge is 0.00262 e. The zero-order chi connectivity index (χ0) is 28.2. The molecule has 4 aromatic rings.